The molecule has 6 nitrogen and oxygen atoms in total. The first kappa shape index (κ1) is 29.0. The minimum absolute atomic E-state index is 0.0735. The minimum Gasteiger partial charge on any atom is -0.506 e. The molecule has 46 heavy (non-hydrogen) atoms. The molecule has 0 aromatic heterocycles. The van der Waals surface area contributed by atoms with Gasteiger partial charge in [0.25, 0.3) is 0 Å². The molecular weight excluding hydrogens is 572 g/mol. The van der Waals surface area contributed by atoms with Crippen molar-refractivity contribution in [2.75, 3.05) is 11.5 Å². The van der Waals surface area contributed by atoms with Crippen molar-refractivity contribution in [3.63, 3.8) is 0 Å². The zero-order chi connectivity index (χ0) is 32.5. The Balaban J connectivity index is 1.75. The molecular formula is C40H24N2O4. The Hall–Kier alpha value is -7.12. The van der Waals surface area contributed by atoms with Gasteiger partial charge in [-0.3, -0.25) is 0 Å². The van der Waals surface area contributed by atoms with Gasteiger partial charge in [-0.1, -0.05) is 35.8 Å². The van der Waals surface area contributed by atoms with Crippen LogP contribution in [-0.2, 0) is 0 Å². The highest BCUT2D eigenvalue weighted by atomic mass is 16.5. The van der Waals surface area contributed by atoms with E-state index in [1.54, 1.807) is 24.3 Å². The van der Waals surface area contributed by atoms with E-state index in [1.165, 1.54) is 24.3 Å². The van der Waals surface area contributed by atoms with Crippen molar-refractivity contribution < 1.29 is 19.7 Å². The molecule has 0 aliphatic rings. The first-order chi connectivity index (χ1) is 22.2. The zero-order valence-electron chi connectivity index (χ0n) is 24.3. The van der Waals surface area contributed by atoms with Gasteiger partial charge in [0.05, 0.1) is 11.4 Å². The van der Waals surface area contributed by atoms with Crippen molar-refractivity contribution in [3.05, 3.63) is 107 Å². The van der Waals surface area contributed by atoms with E-state index in [2.05, 4.69) is 23.7 Å². The first-order valence-electron chi connectivity index (χ1n) is 13.9. The smallest absolute Gasteiger partial charge is 0.138 e. The molecule has 0 bridgehead atoms. The van der Waals surface area contributed by atoms with Crippen LogP contribution in [0.15, 0.2) is 84.9 Å². The number of benzene rings is 6. The summed E-state index contributed by atoms with van der Waals surface area (Å²) in [6, 6.07) is 23.8. The SMILES string of the molecule is C#Cc1cc2ccc(Oc3ccc(O)c(N)c3)c(-c3c(Oc4ccc(O)c(N)c4)ccc4cc(C#C)c(C#C)cc34)c2cc1C#C. The molecule has 0 amide bonds. The lowest BCUT2D eigenvalue weighted by atomic mass is 9.89. The fourth-order valence-corrected chi connectivity index (χ4v) is 5.31. The second-order valence-corrected chi connectivity index (χ2v) is 10.3. The number of phenols is 2. The molecule has 218 valence electrons. The number of phenolic OH excluding ortho intramolecular Hbond substituents is 2. The predicted molar refractivity (Wildman–Crippen MR) is 184 cm³/mol. The van der Waals surface area contributed by atoms with Gasteiger partial charge < -0.3 is 31.2 Å². The number of terminal acetylenes is 4. The standard InChI is InChI=1S/C40H24N2O4/c1-5-23-17-27-9-15-37(45-29-11-13-35(43)33(41)21-29)39(31(27)19-25(23)7-3)40-32-20-26(8-4)24(6-2)18-28(32)10-16-38(40)46-30-12-14-36(44)34(42)22-30/h1-4,9-22,43-44H,41-42H2. The molecule has 0 aliphatic heterocycles. The van der Waals surface area contributed by atoms with E-state index in [1.807, 2.05) is 36.4 Å². The summed E-state index contributed by atoms with van der Waals surface area (Å²) < 4.78 is 12.9. The van der Waals surface area contributed by atoms with Crippen molar-refractivity contribution >= 4 is 32.9 Å². The number of nitrogens with two attached hydrogens (primary N) is 2. The van der Waals surface area contributed by atoms with Gasteiger partial charge in [-0.05, 0) is 82.2 Å². The number of ether oxygens (including phenoxy) is 2. The number of hydrogen-bond donors (Lipinski definition) is 4. The van der Waals surface area contributed by atoms with Crippen LogP contribution in [0.1, 0.15) is 22.3 Å². The van der Waals surface area contributed by atoms with E-state index in [0.717, 1.165) is 10.8 Å². The van der Waals surface area contributed by atoms with Crippen LogP contribution in [0.2, 0.25) is 0 Å². The fraction of sp³-hybridized carbons (Fsp3) is 0. The predicted octanol–water partition coefficient (Wildman–Crippen LogP) is 7.75. The zero-order valence-corrected chi connectivity index (χ0v) is 24.3. The van der Waals surface area contributed by atoms with E-state index in [-0.39, 0.29) is 22.9 Å². The van der Waals surface area contributed by atoms with Crippen LogP contribution in [0.4, 0.5) is 11.4 Å². The van der Waals surface area contributed by atoms with Gasteiger partial charge in [-0.2, -0.15) is 0 Å². The Labute approximate surface area is 265 Å². The molecule has 0 radical (unpaired) electrons. The molecule has 0 heterocycles. The maximum atomic E-state index is 10.0. The first-order valence-corrected chi connectivity index (χ1v) is 13.9. The monoisotopic (exact) mass is 596 g/mol. The summed E-state index contributed by atoms with van der Waals surface area (Å²) in [4.78, 5) is 0. The molecule has 0 unspecified atom stereocenters. The van der Waals surface area contributed by atoms with Gasteiger partial charge in [-0.15, -0.1) is 25.7 Å². The largest absolute Gasteiger partial charge is 0.506 e. The van der Waals surface area contributed by atoms with Crippen LogP contribution in [0.25, 0.3) is 32.7 Å². The Bertz CT molecular complexity index is 2240. The summed E-state index contributed by atoms with van der Waals surface area (Å²) in [5, 5.41) is 23.0. The van der Waals surface area contributed by atoms with Crippen molar-refractivity contribution in [3.8, 4) is 95.0 Å². The van der Waals surface area contributed by atoms with Gasteiger partial charge >= 0.3 is 0 Å². The second-order valence-electron chi connectivity index (χ2n) is 10.3. The number of aromatic hydroxyl groups is 2. The van der Waals surface area contributed by atoms with Gasteiger partial charge in [-0.25, -0.2) is 0 Å². The van der Waals surface area contributed by atoms with Gasteiger partial charge in [0.15, 0.2) is 0 Å². The van der Waals surface area contributed by atoms with Crippen molar-refractivity contribution in [2.24, 2.45) is 0 Å². The van der Waals surface area contributed by atoms with E-state index < -0.39 is 0 Å². The van der Waals surface area contributed by atoms with Crippen LogP contribution in [-0.4, -0.2) is 10.2 Å². The third kappa shape index (κ3) is 5.06. The van der Waals surface area contributed by atoms with Gasteiger partial charge in [0.2, 0.25) is 0 Å². The van der Waals surface area contributed by atoms with Crippen molar-refractivity contribution in [2.45, 2.75) is 0 Å². The average Bonchev–Trinajstić information content (AvgIpc) is 3.06. The third-order valence-corrected chi connectivity index (χ3v) is 7.57. The maximum absolute atomic E-state index is 10.0. The Kier molecular flexibility index (Phi) is 7.26. The molecule has 0 saturated carbocycles. The quantitative estimate of drug-likeness (QED) is 0.0920. The molecule has 0 spiro atoms. The van der Waals surface area contributed by atoms with Crippen LogP contribution in [0, 0.1) is 49.4 Å². The highest BCUT2D eigenvalue weighted by Crippen LogP contribution is 2.49. The summed E-state index contributed by atoms with van der Waals surface area (Å²) in [5.74, 6) is 12.2. The van der Waals surface area contributed by atoms with E-state index in [4.69, 9.17) is 46.6 Å². The third-order valence-electron chi connectivity index (χ3n) is 7.57. The minimum atomic E-state index is -0.0735. The number of rotatable bonds is 5. The van der Waals surface area contributed by atoms with Crippen LogP contribution in [0.3, 0.4) is 0 Å². The van der Waals surface area contributed by atoms with Gasteiger partial charge in [0, 0.05) is 45.5 Å². The summed E-state index contributed by atoms with van der Waals surface area (Å²) in [6.07, 6.45) is 23.4. The van der Waals surface area contributed by atoms with Crippen LogP contribution >= 0.6 is 0 Å². The topological polar surface area (TPSA) is 111 Å². The summed E-state index contributed by atoms with van der Waals surface area (Å²) in [5.41, 5.74) is 15.6. The van der Waals surface area contributed by atoms with Crippen molar-refractivity contribution in [1.82, 2.24) is 0 Å². The lowest BCUT2D eigenvalue weighted by Gasteiger charge is -2.21. The molecule has 6 N–H and O–H groups in total. The lowest BCUT2D eigenvalue weighted by molar-refractivity contribution is 0.465. The number of nitrogen functional groups attached to an aromatic ring is 2. The number of fused-ring (bicyclic) bond motifs is 2. The summed E-state index contributed by atoms with van der Waals surface area (Å²) in [7, 11) is 0. The normalized spacial score (nSPS) is 10.4. The van der Waals surface area contributed by atoms with E-state index in [0.29, 0.717) is 67.2 Å². The molecule has 6 rings (SSSR count). The van der Waals surface area contributed by atoms with Gasteiger partial charge in [0.1, 0.15) is 34.5 Å². The summed E-state index contributed by atoms with van der Waals surface area (Å²) in [6.45, 7) is 0. The second kappa shape index (κ2) is 11.5. The highest BCUT2D eigenvalue weighted by molar-refractivity contribution is 6.11. The average molecular weight is 597 g/mol. The van der Waals surface area contributed by atoms with Crippen LogP contribution in [0.5, 0.6) is 34.5 Å². The number of anilines is 2. The molecule has 0 saturated heterocycles. The molecule has 0 fully saturated rings. The van der Waals surface area contributed by atoms with Crippen molar-refractivity contribution in [1.29, 1.82) is 0 Å². The molecule has 0 atom stereocenters. The molecule has 6 aromatic carbocycles. The highest BCUT2D eigenvalue weighted by Gasteiger charge is 2.22. The van der Waals surface area contributed by atoms with E-state index in [9.17, 15) is 10.2 Å². The Morgan fingerprint density at radius 1 is 0.478 bits per heavy atom. The number of hydrogen-bond acceptors (Lipinski definition) is 6. The summed E-state index contributed by atoms with van der Waals surface area (Å²) >= 11 is 0. The van der Waals surface area contributed by atoms with E-state index >= 15 is 0 Å². The van der Waals surface area contributed by atoms with Crippen LogP contribution < -0.4 is 20.9 Å². The fourth-order valence-electron chi connectivity index (χ4n) is 5.31. The molecule has 0 aliphatic carbocycles. The molecule has 6 heteroatoms. The lowest BCUT2D eigenvalue weighted by Crippen LogP contribution is -1.97. The maximum Gasteiger partial charge on any atom is 0.138 e. The Morgan fingerprint density at radius 3 is 1.20 bits per heavy atom. The Morgan fingerprint density at radius 2 is 0.848 bits per heavy atom. The molecule has 6 aromatic rings.